The molecule has 1 rings (SSSR count). The molecule has 3 nitrogen and oxygen atoms in total. The van der Waals surface area contributed by atoms with E-state index in [4.69, 9.17) is 4.74 Å². The molecule has 0 aromatic heterocycles. The van der Waals surface area contributed by atoms with Gasteiger partial charge in [0.05, 0.1) is 0 Å². The van der Waals surface area contributed by atoms with E-state index in [1.54, 1.807) is 0 Å². The van der Waals surface area contributed by atoms with Gasteiger partial charge in [0.15, 0.2) is 8.96 Å². The fourth-order valence-corrected chi connectivity index (χ4v) is 1.77. The van der Waals surface area contributed by atoms with E-state index in [-0.39, 0.29) is 6.09 Å². The van der Waals surface area contributed by atoms with Gasteiger partial charge in [-0.2, -0.15) is 0 Å². The molecule has 1 amide bonds. The molecule has 0 aromatic carbocycles. The summed E-state index contributed by atoms with van der Waals surface area (Å²) in [5.74, 6) is 0. The molecule has 1 aliphatic rings. The normalized spacial score (nSPS) is 19.0. The van der Waals surface area contributed by atoms with Gasteiger partial charge in [-0.15, -0.1) is 0 Å². The summed E-state index contributed by atoms with van der Waals surface area (Å²) in [5, 5.41) is 0. The Bertz CT molecular complexity index is 126. The first-order chi connectivity index (χ1) is 4.22. The molecule has 0 unspecified atom stereocenters. The largest absolute Gasteiger partial charge is 0.448 e. The molecule has 0 spiro atoms. The summed E-state index contributed by atoms with van der Waals surface area (Å²) in [4.78, 5) is 10.7. The lowest BCUT2D eigenvalue weighted by Gasteiger charge is -2.14. The van der Waals surface area contributed by atoms with Crippen LogP contribution in [0.25, 0.3) is 0 Å². The van der Waals surface area contributed by atoms with Crippen molar-refractivity contribution in [3.63, 3.8) is 0 Å². The van der Waals surface area contributed by atoms with Crippen molar-refractivity contribution >= 4 is 15.1 Å². The zero-order valence-corrected chi connectivity index (χ0v) is 6.68. The minimum atomic E-state index is -0.602. The van der Waals surface area contributed by atoms with Gasteiger partial charge in [-0.3, -0.25) is 0 Å². The Labute approximate surface area is 56.3 Å². The lowest BCUT2D eigenvalue weighted by Crippen LogP contribution is -2.34. The Morgan fingerprint density at radius 2 is 2.33 bits per heavy atom. The molecule has 4 heteroatoms. The van der Waals surface area contributed by atoms with Gasteiger partial charge < -0.3 is 9.30 Å². The van der Waals surface area contributed by atoms with Crippen molar-refractivity contribution in [2.75, 3.05) is 13.2 Å². The van der Waals surface area contributed by atoms with E-state index < -0.39 is 8.96 Å². The molecule has 1 aliphatic heterocycles. The number of cyclic esters (lactones) is 1. The molecule has 51 valence electrons. The van der Waals surface area contributed by atoms with Crippen LogP contribution in [0.4, 0.5) is 4.79 Å². The third-order valence-electron chi connectivity index (χ3n) is 1.30. The number of rotatable bonds is 1. The summed E-state index contributed by atoms with van der Waals surface area (Å²) in [5.41, 5.74) is 0. The Hall–Kier alpha value is -0.513. The fraction of sp³-hybridized carbons (Fsp3) is 0.800. The van der Waals surface area contributed by atoms with E-state index in [0.717, 1.165) is 6.54 Å². The van der Waals surface area contributed by atoms with Gasteiger partial charge >= 0.3 is 6.09 Å². The SMILES string of the molecule is C[Si](C)N1CCOC1=O. The minimum absolute atomic E-state index is 0.131. The third-order valence-corrected chi connectivity index (χ3v) is 2.79. The molecule has 1 fully saturated rings. The van der Waals surface area contributed by atoms with E-state index in [2.05, 4.69) is 13.1 Å². The smallest absolute Gasteiger partial charge is 0.401 e. The average Bonchev–Trinajstić information content (AvgIpc) is 2.13. The van der Waals surface area contributed by atoms with Crippen molar-refractivity contribution in [2.24, 2.45) is 0 Å². The number of hydrogen-bond acceptors (Lipinski definition) is 2. The first-order valence-electron chi connectivity index (χ1n) is 2.96. The van der Waals surface area contributed by atoms with Gasteiger partial charge in [0.25, 0.3) is 0 Å². The Morgan fingerprint density at radius 3 is 2.56 bits per heavy atom. The standard InChI is InChI=1S/C5H10NO2Si/c1-9(2)6-3-4-8-5(6)7/h3-4H2,1-2H3. The van der Waals surface area contributed by atoms with Crippen molar-refractivity contribution < 1.29 is 9.53 Å². The van der Waals surface area contributed by atoms with E-state index in [0.29, 0.717) is 6.61 Å². The van der Waals surface area contributed by atoms with Gasteiger partial charge in [-0.25, -0.2) is 4.79 Å². The maximum atomic E-state index is 10.7. The van der Waals surface area contributed by atoms with Gasteiger partial charge in [0, 0.05) is 6.54 Å². The first-order valence-corrected chi connectivity index (χ1v) is 5.41. The van der Waals surface area contributed by atoms with Crippen LogP contribution in [0, 0.1) is 0 Å². The summed E-state index contributed by atoms with van der Waals surface area (Å²) in [7, 11) is -0.602. The van der Waals surface area contributed by atoms with Crippen LogP contribution >= 0.6 is 0 Å². The predicted octanol–water partition coefficient (Wildman–Crippen LogP) is 0.690. The molecule has 0 atom stereocenters. The van der Waals surface area contributed by atoms with Gasteiger partial charge in [-0.05, 0) is 0 Å². The lowest BCUT2D eigenvalue weighted by atomic mass is 10.7. The predicted molar refractivity (Wildman–Crippen MR) is 35.5 cm³/mol. The second kappa shape index (κ2) is 2.39. The summed E-state index contributed by atoms with van der Waals surface area (Å²) in [6.07, 6.45) is -0.131. The highest BCUT2D eigenvalue weighted by molar-refractivity contribution is 6.55. The Kier molecular flexibility index (Phi) is 1.75. The van der Waals surface area contributed by atoms with E-state index in [1.807, 2.05) is 4.57 Å². The van der Waals surface area contributed by atoms with Gasteiger partial charge in [0.1, 0.15) is 6.61 Å². The molecule has 0 N–H and O–H groups in total. The molecule has 0 saturated carbocycles. The van der Waals surface area contributed by atoms with E-state index in [1.165, 1.54) is 0 Å². The van der Waals surface area contributed by atoms with Crippen LogP contribution in [0.15, 0.2) is 0 Å². The molecular weight excluding hydrogens is 134 g/mol. The number of nitrogens with zero attached hydrogens (tertiary/aromatic N) is 1. The van der Waals surface area contributed by atoms with Gasteiger partial charge in [-0.1, -0.05) is 13.1 Å². The number of amides is 1. The minimum Gasteiger partial charge on any atom is -0.448 e. The fourth-order valence-electron chi connectivity index (χ4n) is 0.800. The van der Waals surface area contributed by atoms with Crippen LogP contribution in [0.2, 0.25) is 13.1 Å². The Morgan fingerprint density at radius 1 is 1.67 bits per heavy atom. The van der Waals surface area contributed by atoms with Crippen LogP contribution in [0.3, 0.4) is 0 Å². The second-order valence-electron chi connectivity index (χ2n) is 2.21. The van der Waals surface area contributed by atoms with E-state index >= 15 is 0 Å². The quantitative estimate of drug-likeness (QED) is 0.507. The van der Waals surface area contributed by atoms with Crippen LogP contribution in [0.5, 0.6) is 0 Å². The van der Waals surface area contributed by atoms with Crippen molar-refractivity contribution in [1.29, 1.82) is 0 Å². The summed E-state index contributed by atoms with van der Waals surface area (Å²) < 4.78 is 6.55. The topological polar surface area (TPSA) is 29.5 Å². The molecular formula is C5H10NO2Si. The molecule has 0 bridgehead atoms. The lowest BCUT2D eigenvalue weighted by molar-refractivity contribution is 0.169. The zero-order chi connectivity index (χ0) is 6.85. The third kappa shape index (κ3) is 1.24. The number of carbonyl (C=O) groups is 1. The monoisotopic (exact) mass is 144 g/mol. The second-order valence-corrected chi connectivity index (χ2v) is 4.65. The average molecular weight is 144 g/mol. The van der Waals surface area contributed by atoms with E-state index in [9.17, 15) is 4.79 Å². The van der Waals surface area contributed by atoms with Crippen molar-refractivity contribution in [3.8, 4) is 0 Å². The summed E-state index contributed by atoms with van der Waals surface area (Å²) in [6.45, 7) is 5.53. The number of hydrogen-bond donors (Lipinski definition) is 0. The van der Waals surface area contributed by atoms with Crippen LogP contribution in [-0.4, -0.2) is 32.8 Å². The highest BCUT2D eigenvalue weighted by atomic mass is 28.3. The molecule has 1 saturated heterocycles. The summed E-state index contributed by atoms with van der Waals surface area (Å²) in [6, 6.07) is 0. The highest BCUT2D eigenvalue weighted by Gasteiger charge is 2.24. The first kappa shape index (κ1) is 6.60. The zero-order valence-electron chi connectivity index (χ0n) is 5.68. The van der Waals surface area contributed by atoms with Crippen LogP contribution in [0.1, 0.15) is 0 Å². The van der Waals surface area contributed by atoms with Crippen molar-refractivity contribution in [3.05, 3.63) is 0 Å². The van der Waals surface area contributed by atoms with Crippen LogP contribution in [-0.2, 0) is 4.74 Å². The number of carbonyl (C=O) groups excluding carboxylic acids is 1. The van der Waals surface area contributed by atoms with Crippen LogP contribution < -0.4 is 0 Å². The maximum Gasteiger partial charge on any atom is 0.401 e. The highest BCUT2D eigenvalue weighted by Crippen LogP contribution is 2.04. The molecule has 1 radical (unpaired) electrons. The maximum absolute atomic E-state index is 10.7. The molecule has 0 aromatic rings. The van der Waals surface area contributed by atoms with Crippen molar-refractivity contribution in [2.45, 2.75) is 13.1 Å². The summed E-state index contributed by atoms with van der Waals surface area (Å²) >= 11 is 0. The van der Waals surface area contributed by atoms with Gasteiger partial charge in [0.2, 0.25) is 0 Å². The number of ether oxygens (including phenoxy) is 1. The molecule has 0 aliphatic carbocycles. The molecule has 1 heterocycles. The molecule has 9 heavy (non-hydrogen) atoms. The Balaban J connectivity index is 2.49. The van der Waals surface area contributed by atoms with Crippen molar-refractivity contribution in [1.82, 2.24) is 4.57 Å².